The van der Waals surface area contributed by atoms with E-state index in [2.05, 4.69) is 10.4 Å². The van der Waals surface area contributed by atoms with Gasteiger partial charge in [0, 0.05) is 42.4 Å². The summed E-state index contributed by atoms with van der Waals surface area (Å²) in [6.07, 6.45) is -0.621. The fourth-order valence-corrected chi connectivity index (χ4v) is 7.25. The molecule has 1 aliphatic carbocycles. The molecule has 2 heterocycles. The minimum absolute atomic E-state index is 0.0216. The van der Waals surface area contributed by atoms with Crippen LogP contribution in [0.15, 0.2) is 70.7 Å². The zero-order valence-corrected chi connectivity index (χ0v) is 30.6. The van der Waals surface area contributed by atoms with Crippen molar-refractivity contribution in [1.82, 2.24) is 15.1 Å². The molecular formula is C38H38ClN3O11. The number of aromatic amines is 1. The first-order valence-electron chi connectivity index (χ1n) is 16.5. The lowest BCUT2D eigenvalue weighted by atomic mass is 9.69. The molecule has 14 nitrogen and oxygen atoms in total. The Morgan fingerprint density at radius 2 is 1.60 bits per heavy atom. The Morgan fingerprint density at radius 1 is 0.962 bits per heavy atom. The van der Waals surface area contributed by atoms with Gasteiger partial charge in [-0.15, -0.1) is 0 Å². The summed E-state index contributed by atoms with van der Waals surface area (Å²) in [6, 6.07) is 14.9. The molecule has 15 heteroatoms. The smallest absolute Gasteiger partial charge is 0.271 e. The number of benzene rings is 3. The average Bonchev–Trinajstić information content (AvgIpc) is 3.70. The van der Waals surface area contributed by atoms with Crippen molar-refractivity contribution in [3.05, 3.63) is 98.1 Å². The number of fused-ring (bicyclic) bond motifs is 1. The van der Waals surface area contributed by atoms with E-state index < -0.39 is 47.1 Å². The number of carbonyl (C=O) groups is 3. The van der Waals surface area contributed by atoms with Gasteiger partial charge in [-0.1, -0.05) is 36.7 Å². The van der Waals surface area contributed by atoms with Crippen molar-refractivity contribution in [2.45, 2.75) is 37.8 Å². The highest BCUT2D eigenvalue weighted by molar-refractivity contribution is 6.35. The number of carbonyl (C=O) groups excluding carboxylic acids is 3. The normalized spacial score (nSPS) is 18.4. The number of hydrogen-bond acceptors (Lipinski definition) is 11. The highest BCUT2D eigenvalue weighted by Gasteiger charge is 2.61. The zero-order chi connectivity index (χ0) is 38.2. The van der Waals surface area contributed by atoms with Gasteiger partial charge in [-0.05, 0) is 29.8 Å². The lowest BCUT2D eigenvalue weighted by molar-refractivity contribution is -0.122. The number of aromatic nitrogens is 2. The van der Waals surface area contributed by atoms with Crippen LogP contribution in [0.5, 0.6) is 34.5 Å². The molecule has 3 unspecified atom stereocenters. The number of methoxy groups -OCH3 is 5. The Morgan fingerprint density at radius 3 is 2.21 bits per heavy atom. The van der Waals surface area contributed by atoms with Crippen molar-refractivity contribution in [2.75, 3.05) is 35.5 Å². The van der Waals surface area contributed by atoms with Crippen molar-refractivity contribution < 1.29 is 47.9 Å². The van der Waals surface area contributed by atoms with E-state index in [1.54, 1.807) is 43.3 Å². The second kappa shape index (κ2) is 14.6. The topological polar surface area (TPSA) is 177 Å². The second-order valence-corrected chi connectivity index (χ2v) is 12.9. The summed E-state index contributed by atoms with van der Waals surface area (Å²) in [5, 5.41) is 18.0. The maximum Gasteiger partial charge on any atom is 0.271 e. The van der Waals surface area contributed by atoms with Gasteiger partial charge in [0.25, 0.3) is 5.56 Å². The van der Waals surface area contributed by atoms with Crippen LogP contribution in [0.4, 0.5) is 0 Å². The molecule has 0 fully saturated rings. The van der Waals surface area contributed by atoms with Crippen molar-refractivity contribution in [1.29, 1.82) is 0 Å². The Kier molecular flexibility index (Phi) is 10.2. The summed E-state index contributed by atoms with van der Waals surface area (Å²) in [7, 11) is 7.01. The summed E-state index contributed by atoms with van der Waals surface area (Å²) < 4.78 is 35.2. The van der Waals surface area contributed by atoms with Gasteiger partial charge in [0.2, 0.25) is 23.0 Å². The number of rotatable bonds is 12. The first-order chi connectivity index (χ1) is 25.4. The highest BCUT2D eigenvalue weighted by Crippen LogP contribution is 2.56. The number of Topliss-reactive ketones (excluding diaryl/α,β-unsaturated/α-hetero) is 2. The molecule has 278 valence electrons. The number of allylic oxidation sites excluding steroid dienone is 1. The number of aliphatic hydroxyl groups excluding tert-OH is 1. The van der Waals surface area contributed by atoms with Gasteiger partial charge in [0.1, 0.15) is 22.1 Å². The minimum atomic E-state index is -2.09. The number of halogens is 1. The summed E-state index contributed by atoms with van der Waals surface area (Å²) in [4.78, 5) is 55.1. The number of ketones is 2. The van der Waals surface area contributed by atoms with Crippen LogP contribution in [0.3, 0.4) is 0 Å². The third-order valence-corrected chi connectivity index (χ3v) is 9.96. The molecule has 0 saturated heterocycles. The van der Waals surface area contributed by atoms with E-state index in [1.807, 2.05) is 6.07 Å². The predicted molar refractivity (Wildman–Crippen MR) is 192 cm³/mol. The number of hydrogen-bond donors (Lipinski definition) is 3. The summed E-state index contributed by atoms with van der Waals surface area (Å²) in [5.41, 5.74) is -1.30. The van der Waals surface area contributed by atoms with Gasteiger partial charge >= 0.3 is 0 Å². The van der Waals surface area contributed by atoms with E-state index >= 15 is 0 Å². The van der Waals surface area contributed by atoms with Crippen LogP contribution in [-0.2, 0) is 16.1 Å². The molecular weight excluding hydrogens is 710 g/mol. The maximum absolute atomic E-state index is 14.5. The van der Waals surface area contributed by atoms with Crippen molar-refractivity contribution in [3.8, 4) is 40.2 Å². The molecule has 53 heavy (non-hydrogen) atoms. The SMILES string of the molecule is COc1cc(OC)c2c(c1Cl)OC1(C2=O)C(O)=C(C(CC(=O)NCc2cc(=O)n(-c3ccccc3)[nH]2)c2cc(OC)c(OC)c(OC)c2)C(=O)CC1C. The van der Waals surface area contributed by atoms with Gasteiger partial charge in [0.05, 0.1) is 53.5 Å². The van der Waals surface area contributed by atoms with Crippen molar-refractivity contribution in [2.24, 2.45) is 5.92 Å². The summed E-state index contributed by atoms with van der Waals surface area (Å²) in [5.74, 6) is -3.54. The fraction of sp³-hybridized carbons (Fsp3) is 0.316. The number of amides is 1. The van der Waals surface area contributed by atoms with Gasteiger partial charge in [0.15, 0.2) is 28.8 Å². The Labute approximate surface area is 309 Å². The van der Waals surface area contributed by atoms with Gasteiger partial charge in [-0.2, -0.15) is 0 Å². The van der Waals surface area contributed by atoms with E-state index in [1.165, 1.54) is 52.4 Å². The summed E-state index contributed by atoms with van der Waals surface area (Å²) >= 11 is 6.63. The van der Waals surface area contributed by atoms with Gasteiger partial charge in [-0.3, -0.25) is 24.3 Å². The molecule has 2 aliphatic rings. The first-order valence-corrected chi connectivity index (χ1v) is 16.9. The van der Waals surface area contributed by atoms with Crippen LogP contribution in [0.2, 0.25) is 5.02 Å². The zero-order valence-electron chi connectivity index (χ0n) is 29.8. The third-order valence-electron chi connectivity index (χ3n) is 9.60. The van der Waals surface area contributed by atoms with E-state index in [0.29, 0.717) is 16.9 Å². The number of H-pyrrole nitrogens is 1. The van der Waals surface area contributed by atoms with E-state index in [4.69, 9.17) is 40.0 Å². The number of para-hydroxylation sites is 1. The number of nitrogens with one attached hydrogen (secondary N) is 2. The standard InChI is InChI=1S/C38H38ClN3O11/c1-19-12-24(43)31(36(46)38(19)37(47)32-25(48-2)17-26(49-3)33(39)35(32)53-38)23(20-13-27(50-4)34(52-6)28(14-20)51-5)16-29(44)40-18-21-15-30(45)42(41-21)22-10-8-7-9-11-22/h7-11,13-15,17,19,23,41,46H,12,16,18H2,1-6H3,(H,40,44). The third kappa shape index (κ3) is 6.22. The van der Waals surface area contributed by atoms with Crippen molar-refractivity contribution >= 4 is 29.1 Å². The molecule has 1 aliphatic heterocycles. The number of aliphatic hydroxyl groups is 1. The van der Waals surface area contributed by atoms with E-state index in [0.717, 1.165) is 0 Å². The number of nitrogens with zero attached hydrogens (tertiary/aromatic N) is 1. The quantitative estimate of drug-likeness (QED) is 0.176. The van der Waals surface area contributed by atoms with Crippen LogP contribution in [0.25, 0.3) is 5.69 Å². The Bertz CT molecular complexity index is 2170. The van der Waals surface area contributed by atoms with Crippen LogP contribution in [0, 0.1) is 5.92 Å². The molecule has 1 aromatic heterocycles. The van der Waals surface area contributed by atoms with Crippen LogP contribution < -0.4 is 39.3 Å². The average molecular weight is 748 g/mol. The molecule has 3 atom stereocenters. The van der Waals surface area contributed by atoms with E-state index in [9.17, 15) is 24.3 Å². The molecule has 3 aromatic carbocycles. The molecule has 1 amide bonds. The molecule has 3 N–H and O–H groups in total. The van der Waals surface area contributed by atoms with Crippen LogP contribution in [-0.4, -0.2) is 73.5 Å². The lowest BCUT2D eigenvalue weighted by Crippen LogP contribution is -2.53. The molecule has 6 rings (SSSR count). The summed E-state index contributed by atoms with van der Waals surface area (Å²) in [6.45, 7) is 1.54. The molecule has 1 spiro atoms. The molecule has 0 radical (unpaired) electrons. The fourth-order valence-electron chi connectivity index (χ4n) is 6.98. The second-order valence-electron chi connectivity index (χ2n) is 12.5. The lowest BCUT2D eigenvalue weighted by Gasteiger charge is -2.38. The molecule has 0 saturated carbocycles. The number of ether oxygens (including phenoxy) is 6. The minimum Gasteiger partial charge on any atom is -0.507 e. The van der Waals surface area contributed by atoms with Crippen LogP contribution >= 0.6 is 11.6 Å². The highest BCUT2D eigenvalue weighted by atomic mass is 35.5. The molecule has 4 aromatic rings. The van der Waals surface area contributed by atoms with Crippen LogP contribution in [0.1, 0.15) is 47.3 Å². The van der Waals surface area contributed by atoms with Gasteiger partial charge < -0.3 is 38.8 Å². The molecule has 0 bridgehead atoms. The largest absolute Gasteiger partial charge is 0.507 e. The van der Waals surface area contributed by atoms with Crippen molar-refractivity contribution in [3.63, 3.8) is 0 Å². The first kappa shape index (κ1) is 36.9. The Hall–Kier alpha value is -5.89. The predicted octanol–water partition coefficient (Wildman–Crippen LogP) is 5.09. The Balaban J connectivity index is 1.44. The van der Waals surface area contributed by atoms with Gasteiger partial charge in [-0.25, -0.2) is 4.68 Å². The monoisotopic (exact) mass is 747 g/mol. The maximum atomic E-state index is 14.5. The van der Waals surface area contributed by atoms with E-state index in [-0.39, 0.29) is 69.2 Å².